The third-order valence-electron chi connectivity index (χ3n) is 12.4. The highest BCUT2D eigenvalue weighted by atomic mass is 19.1. The summed E-state index contributed by atoms with van der Waals surface area (Å²) in [4.78, 5) is 18.2. The zero-order chi connectivity index (χ0) is 35.1. The second kappa shape index (κ2) is 10.3. The number of hydrogen-bond donors (Lipinski definition) is 1. The third kappa shape index (κ3) is 4.33. The molecule has 3 aliphatic carbocycles. The van der Waals surface area contributed by atoms with Crippen LogP contribution in [0.4, 0.5) is 29.1 Å². The Bertz CT molecular complexity index is 2130. The Hall–Kier alpha value is -3.97. The average Bonchev–Trinajstić information content (AvgIpc) is 4.01. The molecule has 4 atom stereocenters. The fraction of sp³-hybridized carbons (Fsp3) is 0.528. The number of rotatable bonds is 7. The Morgan fingerprint density at radius 1 is 1.08 bits per heavy atom. The highest BCUT2D eigenvalue weighted by Crippen LogP contribution is 2.72. The molecule has 49 heavy (non-hydrogen) atoms. The molecule has 10 rings (SSSR count). The second-order valence-corrected chi connectivity index (χ2v) is 15.1. The molecule has 2 aromatic carbocycles. The van der Waals surface area contributed by atoms with Gasteiger partial charge in [0.05, 0.1) is 30.2 Å². The molecule has 256 valence electrons. The molecule has 6 aliphatic rings. The van der Waals surface area contributed by atoms with E-state index in [1.807, 2.05) is 0 Å². The summed E-state index contributed by atoms with van der Waals surface area (Å²) in [5, 5.41) is 0.340. The van der Waals surface area contributed by atoms with E-state index in [-0.39, 0.29) is 73.9 Å². The fourth-order valence-electron chi connectivity index (χ4n) is 9.54. The van der Waals surface area contributed by atoms with Crippen LogP contribution in [0.15, 0.2) is 30.5 Å². The normalized spacial score (nSPS) is 29.9. The van der Waals surface area contributed by atoms with E-state index in [2.05, 4.69) is 14.9 Å². The van der Waals surface area contributed by atoms with E-state index in [0.717, 1.165) is 44.8 Å². The fourth-order valence-corrected chi connectivity index (χ4v) is 9.54. The van der Waals surface area contributed by atoms with Crippen LogP contribution >= 0.6 is 0 Å². The molecule has 3 aliphatic heterocycles. The standard InChI is InChI=1S/C36H36F4N6O3/c37-18-49-31-24(38)2-1-19-11-20(41)12-21(25(19)31)28-27(40)29-22(13-42-28)32(46-9-10-47-14-23-26(39)30(23)46)44-33(43-29)48-17-36-15-34(3-4-34)16-45(36)8-7-35(36)5-6-35/h1-2,11-13,23,26,30H,3-10,14-18,41H2/t23-,26-,30-,36-/m0/s1/i18D2. The lowest BCUT2D eigenvalue weighted by atomic mass is 9.78. The zero-order valence-electron chi connectivity index (χ0n) is 28.7. The summed E-state index contributed by atoms with van der Waals surface area (Å²) in [7, 11) is 0. The number of nitrogens with two attached hydrogens (primary N) is 1. The highest BCUT2D eigenvalue weighted by molar-refractivity contribution is 6.04. The number of alkyl halides is 2. The smallest absolute Gasteiger partial charge is 0.319 e. The minimum Gasteiger partial charge on any atom is -0.461 e. The first kappa shape index (κ1) is 27.8. The maximum Gasteiger partial charge on any atom is 0.319 e. The van der Waals surface area contributed by atoms with Gasteiger partial charge in [0.1, 0.15) is 32.5 Å². The van der Waals surface area contributed by atoms with Crippen LogP contribution in [0.3, 0.4) is 0 Å². The Labute approximate surface area is 282 Å². The highest BCUT2D eigenvalue weighted by Gasteiger charge is 2.72. The van der Waals surface area contributed by atoms with Crippen LogP contribution in [-0.2, 0) is 4.74 Å². The molecule has 0 unspecified atom stereocenters. The van der Waals surface area contributed by atoms with E-state index in [1.165, 1.54) is 37.2 Å². The van der Waals surface area contributed by atoms with Crippen molar-refractivity contribution in [2.24, 2.45) is 16.7 Å². The van der Waals surface area contributed by atoms with Gasteiger partial charge >= 0.3 is 6.01 Å². The van der Waals surface area contributed by atoms with E-state index >= 15 is 13.2 Å². The lowest BCUT2D eigenvalue weighted by molar-refractivity contribution is 0.0640. The van der Waals surface area contributed by atoms with Crippen molar-refractivity contribution in [3.05, 3.63) is 42.1 Å². The number of pyridine rings is 1. The van der Waals surface area contributed by atoms with Crippen molar-refractivity contribution < 1.29 is 34.5 Å². The van der Waals surface area contributed by atoms with Gasteiger partial charge < -0.3 is 24.8 Å². The molecule has 4 aromatic rings. The van der Waals surface area contributed by atoms with Gasteiger partial charge in [0.2, 0.25) is 6.81 Å². The number of fused-ring (bicyclic) bond motifs is 5. The maximum absolute atomic E-state index is 17.1. The Kier molecular flexibility index (Phi) is 5.84. The summed E-state index contributed by atoms with van der Waals surface area (Å²) in [6.07, 6.45) is 7.14. The van der Waals surface area contributed by atoms with E-state index < -0.39 is 36.4 Å². The predicted octanol–water partition coefficient (Wildman–Crippen LogP) is 5.97. The predicted molar refractivity (Wildman–Crippen MR) is 174 cm³/mol. The minimum atomic E-state index is -3.74. The summed E-state index contributed by atoms with van der Waals surface area (Å²) >= 11 is 0. The topological polar surface area (TPSA) is 98.9 Å². The molecule has 3 saturated heterocycles. The van der Waals surface area contributed by atoms with Gasteiger partial charge in [-0.2, -0.15) is 9.97 Å². The van der Waals surface area contributed by atoms with Crippen molar-refractivity contribution in [1.82, 2.24) is 19.9 Å². The van der Waals surface area contributed by atoms with Crippen LogP contribution in [0.5, 0.6) is 11.8 Å². The first-order chi connectivity index (χ1) is 24.4. The molecule has 2 N–H and O–H groups in total. The van der Waals surface area contributed by atoms with E-state index in [9.17, 15) is 4.39 Å². The van der Waals surface area contributed by atoms with Crippen molar-refractivity contribution in [2.75, 3.05) is 56.9 Å². The SMILES string of the molecule is [2H]C([2H])(F)Oc1c(F)ccc2cc(N)cc(-c3ncc4c(N5CCOC[C@H]6[C@H](F)[C@H]65)nc(OC[C@]56CC7(CC7)CN5CCC65CC5)nc4c3F)c12. The largest absolute Gasteiger partial charge is 0.461 e. The molecule has 0 bridgehead atoms. The summed E-state index contributed by atoms with van der Waals surface area (Å²) in [6, 6.07) is 4.58. The Morgan fingerprint density at radius 2 is 1.94 bits per heavy atom. The van der Waals surface area contributed by atoms with Crippen LogP contribution < -0.4 is 20.1 Å². The first-order valence-corrected chi connectivity index (χ1v) is 17.0. The summed E-state index contributed by atoms with van der Waals surface area (Å²) in [5.41, 5.74) is 6.24. The van der Waals surface area contributed by atoms with Crippen LogP contribution in [-0.4, -0.2) is 83.9 Å². The Balaban J connectivity index is 1.12. The van der Waals surface area contributed by atoms with E-state index in [1.54, 1.807) is 4.90 Å². The molecule has 2 spiro atoms. The zero-order valence-corrected chi connectivity index (χ0v) is 26.7. The van der Waals surface area contributed by atoms with Crippen molar-refractivity contribution in [3.63, 3.8) is 0 Å². The molecule has 3 saturated carbocycles. The molecule has 6 fully saturated rings. The van der Waals surface area contributed by atoms with Gasteiger partial charge in [-0.3, -0.25) is 9.88 Å². The van der Waals surface area contributed by atoms with Crippen molar-refractivity contribution in [1.29, 1.82) is 0 Å². The van der Waals surface area contributed by atoms with Gasteiger partial charge in [0.15, 0.2) is 17.4 Å². The van der Waals surface area contributed by atoms with Gasteiger partial charge in [-0.15, -0.1) is 0 Å². The third-order valence-corrected chi connectivity index (χ3v) is 12.4. The number of ether oxygens (including phenoxy) is 3. The second-order valence-electron chi connectivity index (χ2n) is 15.1. The number of hydrogen-bond acceptors (Lipinski definition) is 9. The number of nitrogen functional groups attached to an aromatic ring is 1. The molecule has 0 amide bonds. The molecule has 13 heteroatoms. The van der Waals surface area contributed by atoms with Crippen LogP contribution in [0.2, 0.25) is 0 Å². The molecule has 2 aromatic heterocycles. The van der Waals surface area contributed by atoms with Gasteiger partial charge in [-0.25, -0.2) is 17.6 Å². The van der Waals surface area contributed by atoms with Gasteiger partial charge in [0, 0.05) is 41.8 Å². The first-order valence-electron chi connectivity index (χ1n) is 18.0. The summed E-state index contributed by atoms with van der Waals surface area (Å²) in [6.45, 7) is -0.397. The van der Waals surface area contributed by atoms with Gasteiger partial charge in [-0.1, -0.05) is 6.07 Å². The lowest BCUT2D eigenvalue weighted by Gasteiger charge is -2.37. The number of nitrogens with zero attached hydrogens (tertiary/aromatic N) is 5. The van der Waals surface area contributed by atoms with E-state index in [4.69, 9.17) is 27.7 Å². The van der Waals surface area contributed by atoms with Gasteiger partial charge in [-0.05, 0) is 79.5 Å². The number of benzene rings is 2. The number of aromatic nitrogens is 3. The molecular formula is C36H36F4N6O3. The van der Waals surface area contributed by atoms with Crippen LogP contribution in [0.25, 0.3) is 32.9 Å². The number of halogens is 4. The monoisotopic (exact) mass is 678 g/mol. The maximum atomic E-state index is 17.1. The molecule has 9 nitrogen and oxygen atoms in total. The quantitative estimate of drug-likeness (QED) is 0.187. The Morgan fingerprint density at radius 3 is 2.73 bits per heavy atom. The molecular weight excluding hydrogens is 640 g/mol. The van der Waals surface area contributed by atoms with Crippen molar-refractivity contribution in [3.8, 4) is 23.0 Å². The van der Waals surface area contributed by atoms with Crippen LogP contribution in [0, 0.1) is 28.4 Å². The van der Waals surface area contributed by atoms with E-state index in [0.29, 0.717) is 25.2 Å². The van der Waals surface area contributed by atoms with Gasteiger partial charge in [0.25, 0.3) is 0 Å². The average molecular weight is 679 g/mol. The minimum absolute atomic E-state index is 0.0433. The summed E-state index contributed by atoms with van der Waals surface area (Å²) in [5.74, 6) is -2.82. The van der Waals surface area contributed by atoms with Crippen molar-refractivity contribution in [2.45, 2.75) is 56.3 Å². The number of anilines is 2. The van der Waals surface area contributed by atoms with Crippen molar-refractivity contribution >= 4 is 33.2 Å². The molecule has 0 radical (unpaired) electrons. The molecule has 5 heterocycles. The van der Waals surface area contributed by atoms with Crippen LogP contribution in [0.1, 0.15) is 41.3 Å². The summed E-state index contributed by atoms with van der Waals surface area (Å²) < 4.78 is 93.2. The lowest BCUT2D eigenvalue weighted by Crippen LogP contribution is -2.49.